The first kappa shape index (κ1) is 12.7. The lowest BCUT2D eigenvalue weighted by molar-refractivity contribution is -0.128. The number of likely N-dealkylation sites (tertiary alicyclic amines) is 1. The van der Waals surface area contributed by atoms with Gasteiger partial charge in [0.2, 0.25) is 5.91 Å². The highest BCUT2D eigenvalue weighted by molar-refractivity contribution is 5.82. The zero-order chi connectivity index (χ0) is 13.0. The van der Waals surface area contributed by atoms with Gasteiger partial charge in [-0.05, 0) is 25.0 Å². The Bertz CT molecular complexity index is 411. The SMILES string of the molecule is CN(C)c1ccccc1NCC(=O)N1CCCC1. The lowest BCUT2D eigenvalue weighted by Crippen LogP contribution is -2.33. The Morgan fingerprint density at radius 1 is 1.28 bits per heavy atom. The Hall–Kier alpha value is -1.71. The Kier molecular flexibility index (Phi) is 4.07. The van der Waals surface area contributed by atoms with Crippen molar-refractivity contribution in [2.24, 2.45) is 0 Å². The fourth-order valence-corrected chi connectivity index (χ4v) is 2.26. The van der Waals surface area contributed by atoms with Gasteiger partial charge >= 0.3 is 0 Å². The van der Waals surface area contributed by atoms with Crippen molar-refractivity contribution in [3.05, 3.63) is 24.3 Å². The molecule has 1 fully saturated rings. The second-order valence-electron chi connectivity index (χ2n) is 4.85. The molecule has 4 nitrogen and oxygen atoms in total. The first-order valence-electron chi connectivity index (χ1n) is 6.46. The van der Waals surface area contributed by atoms with Crippen molar-refractivity contribution in [1.82, 2.24) is 4.90 Å². The van der Waals surface area contributed by atoms with Crippen LogP contribution in [-0.2, 0) is 4.79 Å². The summed E-state index contributed by atoms with van der Waals surface area (Å²) in [5.74, 6) is 0.195. The van der Waals surface area contributed by atoms with Crippen LogP contribution in [0.1, 0.15) is 12.8 Å². The molecule has 1 aromatic rings. The van der Waals surface area contributed by atoms with Gasteiger partial charge in [-0.15, -0.1) is 0 Å². The molecule has 0 aliphatic carbocycles. The summed E-state index contributed by atoms with van der Waals surface area (Å²) in [5, 5.41) is 3.24. The van der Waals surface area contributed by atoms with Gasteiger partial charge in [0.05, 0.1) is 17.9 Å². The van der Waals surface area contributed by atoms with E-state index in [1.807, 2.05) is 48.2 Å². The number of amides is 1. The number of hydrogen-bond donors (Lipinski definition) is 1. The summed E-state index contributed by atoms with van der Waals surface area (Å²) in [5.41, 5.74) is 2.11. The number of nitrogens with one attached hydrogen (secondary N) is 1. The highest BCUT2D eigenvalue weighted by Crippen LogP contribution is 2.23. The van der Waals surface area contributed by atoms with Gasteiger partial charge in [-0.2, -0.15) is 0 Å². The Morgan fingerprint density at radius 2 is 1.94 bits per heavy atom. The van der Waals surface area contributed by atoms with Gasteiger partial charge < -0.3 is 15.1 Å². The van der Waals surface area contributed by atoms with Crippen molar-refractivity contribution in [2.75, 3.05) is 43.9 Å². The molecule has 0 unspecified atom stereocenters. The van der Waals surface area contributed by atoms with Crippen LogP contribution in [-0.4, -0.2) is 44.5 Å². The van der Waals surface area contributed by atoms with Crippen LogP contribution in [0.25, 0.3) is 0 Å². The smallest absolute Gasteiger partial charge is 0.241 e. The van der Waals surface area contributed by atoms with Gasteiger partial charge in [0, 0.05) is 27.2 Å². The lowest BCUT2D eigenvalue weighted by atomic mass is 10.2. The number of para-hydroxylation sites is 2. The molecule has 0 bridgehead atoms. The maximum Gasteiger partial charge on any atom is 0.241 e. The van der Waals surface area contributed by atoms with Crippen LogP contribution in [0.4, 0.5) is 11.4 Å². The van der Waals surface area contributed by atoms with Crippen molar-refractivity contribution in [3.8, 4) is 0 Å². The summed E-state index contributed by atoms with van der Waals surface area (Å²) in [6.07, 6.45) is 2.28. The number of benzene rings is 1. The van der Waals surface area contributed by atoms with Gasteiger partial charge in [0.1, 0.15) is 0 Å². The number of rotatable bonds is 4. The number of carbonyl (C=O) groups is 1. The molecule has 1 N–H and O–H groups in total. The molecule has 0 saturated carbocycles. The summed E-state index contributed by atoms with van der Waals surface area (Å²) in [6.45, 7) is 2.20. The van der Waals surface area contributed by atoms with E-state index in [0.29, 0.717) is 6.54 Å². The Labute approximate surface area is 109 Å². The molecule has 0 spiro atoms. The zero-order valence-electron chi connectivity index (χ0n) is 11.1. The average Bonchev–Trinajstić information content (AvgIpc) is 2.90. The fourth-order valence-electron chi connectivity index (χ4n) is 2.26. The molecule has 18 heavy (non-hydrogen) atoms. The molecular formula is C14H21N3O. The second-order valence-corrected chi connectivity index (χ2v) is 4.85. The minimum Gasteiger partial charge on any atom is -0.376 e. The van der Waals surface area contributed by atoms with E-state index < -0.39 is 0 Å². The second kappa shape index (κ2) is 5.76. The van der Waals surface area contributed by atoms with Crippen LogP contribution in [0.3, 0.4) is 0 Å². The molecule has 4 heteroatoms. The highest BCUT2D eigenvalue weighted by Gasteiger charge is 2.17. The summed E-state index contributed by atoms with van der Waals surface area (Å²) in [4.78, 5) is 15.9. The van der Waals surface area contributed by atoms with Crippen LogP contribution >= 0.6 is 0 Å². The molecule has 2 rings (SSSR count). The predicted molar refractivity (Wildman–Crippen MR) is 75.1 cm³/mol. The van der Waals surface area contributed by atoms with E-state index in [-0.39, 0.29) is 5.91 Å². The summed E-state index contributed by atoms with van der Waals surface area (Å²) in [7, 11) is 4.01. The topological polar surface area (TPSA) is 35.6 Å². The summed E-state index contributed by atoms with van der Waals surface area (Å²) >= 11 is 0. The standard InChI is InChI=1S/C14H21N3O/c1-16(2)13-8-4-3-7-12(13)15-11-14(18)17-9-5-6-10-17/h3-4,7-8,15H,5-6,9-11H2,1-2H3. The van der Waals surface area contributed by atoms with E-state index in [2.05, 4.69) is 5.32 Å². The number of hydrogen-bond acceptors (Lipinski definition) is 3. The molecule has 1 aliphatic rings. The van der Waals surface area contributed by atoms with Crippen molar-refractivity contribution in [3.63, 3.8) is 0 Å². The van der Waals surface area contributed by atoms with E-state index in [4.69, 9.17) is 0 Å². The Morgan fingerprint density at radius 3 is 2.61 bits per heavy atom. The lowest BCUT2D eigenvalue weighted by Gasteiger charge is -2.20. The van der Waals surface area contributed by atoms with Crippen molar-refractivity contribution in [2.45, 2.75) is 12.8 Å². The number of carbonyl (C=O) groups excluding carboxylic acids is 1. The molecule has 0 atom stereocenters. The third kappa shape index (κ3) is 2.94. The van der Waals surface area contributed by atoms with Gasteiger partial charge in [-0.1, -0.05) is 12.1 Å². The fraction of sp³-hybridized carbons (Fsp3) is 0.500. The minimum atomic E-state index is 0.195. The summed E-state index contributed by atoms with van der Waals surface area (Å²) in [6, 6.07) is 8.04. The van der Waals surface area contributed by atoms with E-state index in [1.165, 1.54) is 0 Å². The molecular weight excluding hydrogens is 226 g/mol. The zero-order valence-corrected chi connectivity index (χ0v) is 11.1. The first-order valence-corrected chi connectivity index (χ1v) is 6.46. The molecule has 1 saturated heterocycles. The van der Waals surface area contributed by atoms with Crippen molar-refractivity contribution in [1.29, 1.82) is 0 Å². The van der Waals surface area contributed by atoms with Crippen LogP contribution in [0.5, 0.6) is 0 Å². The third-order valence-corrected chi connectivity index (χ3v) is 3.27. The van der Waals surface area contributed by atoms with Gasteiger partial charge in [0.15, 0.2) is 0 Å². The minimum absolute atomic E-state index is 0.195. The molecule has 1 aliphatic heterocycles. The maximum atomic E-state index is 11.9. The first-order chi connectivity index (χ1) is 8.68. The molecule has 0 radical (unpaired) electrons. The van der Waals surface area contributed by atoms with E-state index in [9.17, 15) is 4.79 Å². The van der Waals surface area contributed by atoms with Gasteiger partial charge in [-0.25, -0.2) is 0 Å². The predicted octanol–water partition coefficient (Wildman–Crippen LogP) is 1.79. The van der Waals surface area contributed by atoms with Crippen LogP contribution in [0.15, 0.2) is 24.3 Å². The van der Waals surface area contributed by atoms with Crippen molar-refractivity contribution < 1.29 is 4.79 Å². The molecule has 1 heterocycles. The monoisotopic (exact) mass is 247 g/mol. The van der Waals surface area contributed by atoms with Crippen LogP contribution < -0.4 is 10.2 Å². The molecule has 0 aromatic heterocycles. The van der Waals surface area contributed by atoms with Crippen LogP contribution in [0.2, 0.25) is 0 Å². The van der Waals surface area contributed by atoms with Crippen molar-refractivity contribution >= 4 is 17.3 Å². The number of anilines is 2. The van der Waals surface area contributed by atoms with E-state index in [1.54, 1.807) is 0 Å². The van der Waals surface area contributed by atoms with E-state index in [0.717, 1.165) is 37.3 Å². The average molecular weight is 247 g/mol. The van der Waals surface area contributed by atoms with Gasteiger partial charge in [0.25, 0.3) is 0 Å². The normalized spacial score (nSPS) is 14.7. The maximum absolute atomic E-state index is 11.9. The summed E-state index contributed by atoms with van der Waals surface area (Å²) < 4.78 is 0. The molecule has 1 aromatic carbocycles. The quantitative estimate of drug-likeness (QED) is 0.881. The molecule has 1 amide bonds. The molecule has 98 valence electrons. The van der Waals surface area contributed by atoms with Gasteiger partial charge in [-0.3, -0.25) is 4.79 Å². The van der Waals surface area contributed by atoms with E-state index >= 15 is 0 Å². The Balaban J connectivity index is 1.95. The largest absolute Gasteiger partial charge is 0.376 e. The van der Waals surface area contributed by atoms with Crippen LogP contribution in [0, 0.1) is 0 Å². The highest BCUT2D eigenvalue weighted by atomic mass is 16.2. The number of nitrogens with zero attached hydrogens (tertiary/aromatic N) is 2. The third-order valence-electron chi connectivity index (χ3n) is 3.27.